The van der Waals surface area contributed by atoms with E-state index in [2.05, 4.69) is 10.6 Å². The molecule has 0 bridgehead atoms. The Balaban J connectivity index is 2.04. The highest BCUT2D eigenvalue weighted by molar-refractivity contribution is 7.80. The molecule has 2 rings (SSSR count). The summed E-state index contributed by atoms with van der Waals surface area (Å²) in [5.41, 5.74) is 0.440. The molecule has 0 saturated carbocycles. The Kier molecular flexibility index (Phi) is 4.42. The van der Waals surface area contributed by atoms with Gasteiger partial charge in [-0.15, -0.1) is 0 Å². The summed E-state index contributed by atoms with van der Waals surface area (Å²) in [5.74, 6) is -0.292. The first-order chi connectivity index (χ1) is 9.08. The highest BCUT2D eigenvalue weighted by atomic mass is 35.5. The molecule has 0 saturated heterocycles. The summed E-state index contributed by atoms with van der Waals surface area (Å²) in [6.45, 7) is 0. The maximum Gasteiger partial charge on any atom is 0.293 e. The fourth-order valence-electron chi connectivity index (χ4n) is 1.33. The number of benzene rings is 1. The largest absolute Gasteiger partial charge is 0.459 e. The number of rotatable bonds is 2. The third-order valence-electron chi connectivity index (χ3n) is 2.17. The first kappa shape index (κ1) is 13.9. The molecule has 1 amide bonds. The van der Waals surface area contributed by atoms with E-state index in [1.807, 2.05) is 0 Å². The van der Waals surface area contributed by atoms with Crippen LogP contribution in [0.15, 0.2) is 41.0 Å². The van der Waals surface area contributed by atoms with Crippen molar-refractivity contribution in [3.8, 4) is 0 Å². The summed E-state index contributed by atoms with van der Waals surface area (Å²) in [6, 6.07) is 8.16. The number of halogens is 2. The van der Waals surface area contributed by atoms with Gasteiger partial charge in [0.2, 0.25) is 0 Å². The standard InChI is InChI=1S/C12H8Cl2N2O2S/c13-7-3-1-4-8(14)10(7)15-12(19)16-11(17)9-5-2-6-18-9/h1-6H,(H2,15,16,17,19). The van der Waals surface area contributed by atoms with Gasteiger partial charge in [0.25, 0.3) is 5.91 Å². The Bertz CT molecular complexity index is 594. The molecule has 7 heteroatoms. The molecule has 2 N–H and O–H groups in total. The van der Waals surface area contributed by atoms with Gasteiger partial charge in [-0.05, 0) is 36.5 Å². The van der Waals surface area contributed by atoms with Crippen LogP contribution in [0.4, 0.5) is 5.69 Å². The maximum absolute atomic E-state index is 11.7. The van der Waals surface area contributed by atoms with Gasteiger partial charge >= 0.3 is 0 Å². The minimum atomic E-state index is -0.453. The summed E-state index contributed by atoms with van der Waals surface area (Å²) in [6.07, 6.45) is 1.40. The predicted octanol–water partition coefficient (Wildman–Crippen LogP) is 3.71. The Hall–Kier alpha value is -1.56. The zero-order valence-corrected chi connectivity index (χ0v) is 11.8. The average Bonchev–Trinajstić information content (AvgIpc) is 2.88. The summed E-state index contributed by atoms with van der Waals surface area (Å²) in [7, 11) is 0. The number of furan rings is 1. The molecule has 19 heavy (non-hydrogen) atoms. The number of para-hydroxylation sites is 1. The maximum atomic E-state index is 11.7. The second-order valence-corrected chi connectivity index (χ2v) is 4.70. The van der Waals surface area contributed by atoms with Gasteiger partial charge < -0.3 is 9.73 Å². The molecule has 0 fully saturated rings. The van der Waals surface area contributed by atoms with Crippen molar-refractivity contribution in [2.24, 2.45) is 0 Å². The van der Waals surface area contributed by atoms with E-state index in [-0.39, 0.29) is 10.9 Å². The van der Waals surface area contributed by atoms with Crippen LogP contribution in [0.3, 0.4) is 0 Å². The summed E-state index contributed by atoms with van der Waals surface area (Å²) in [5, 5.41) is 6.11. The van der Waals surface area contributed by atoms with Gasteiger partial charge in [-0.1, -0.05) is 29.3 Å². The molecular formula is C12H8Cl2N2O2S. The highest BCUT2D eigenvalue weighted by Crippen LogP contribution is 2.29. The molecule has 0 aliphatic carbocycles. The summed E-state index contributed by atoms with van der Waals surface area (Å²) >= 11 is 16.9. The molecular weight excluding hydrogens is 307 g/mol. The van der Waals surface area contributed by atoms with Crippen LogP contribution in [0, 0.1) is 0 Å². The van der Waals surface area contributed by atoms with Crippen LogP contribution < -0.4 is 10.6 Å². The van der Waals surface area contributed by atoms with E-state index in [1.165, 1.54) is 12.3 Å². The fourth-order valence-corrected chi connectivity index (χ4v) is 2.02. The lowest BCUT2D eigenvalue weighted by Gasteiger charge is -2.11. The SMILES string of the molecule is O=C(NC(=S)Nc1c(Cl)cccc1Cl)c1ccco1. The van der Waals surface area contributed by atoms with Crippen LogP contribution >= 0.6 is 35.4 Å². The second-order valence-electron chi connectivity index (χ2n) is 3.48. The first-order valence-electron chi connectivity index (χ1n) is 5.18. The molecule has 4 nitrogen and oxygen atoms in total. The van der Waals surface area contributed by atoms with Crippen molar-refractivity contribution in [3.05, 3.63) is 52.4 Å². The summed E-state index contributed by atoms with van der Waals surface area (Å²) in [4.78, 5) is 11.7. The van der Waals surface area contributed by atoms with E-state index in [4.69, 9.17) is 39.8 Å². The van der Waals surface area contributed by atoms with Crippen LogP contribution in [-0.2, 0) is 0 Å². The fraction of sp³-hybridized carbons (Fsp3) is 0. The van der Waals surface area contributed by atoms with Crippen LogP contribution in [0.2, 0.25) is 10.0 Å². The van der Waals surface area contributed by atoms with Gasteiger partial charge in [-0.2, -0.15) is 0 Å². The van der Waals surface area contributed by atoms with E-state index in [0.717, 1.165) is 0 Å². The van der Waals surface area contributed by atoms with E-state index >= 15 is 0 Å². The number of anilines is 1. The average molecular weight is 315 g/mol. The molecule has 1 aromatic heterocycles. The van der Waals surface area contributed by atoms with Crippen LogP contribution in [-0.4, -0.2) is 11.0 Å². The number of hydrogen-bond donors (Lipinski definition) is 2. The Morgan fingerprint density at radius 3 is 2.42 bits per heavy atom. The third kappa shape index (κ3) is 3.47. The zero-order valence-electron chi connectivity index (χ0n) is 9.44. The Morgan fingerprint density at radius 2 is 1.84 bits per heavy atom. The number of nitrogens with one attached hydrogen (secondary N) is 2. The lowest BCUT2D eigenvalue weighted by atomic mass is 10.3. The van der Waals surface area contributed by atoms with Crippen LogP contribution in [0.25, 0.3) is 0 Å². The quantitative estimate of drug-likeness (QED) is 0.830. The highest BCUT2D eigenvalue weighted by Gasteiger charge is 2.12. The van der Waals surface area contributed by atoms with Crippen molar-refractivity contribution in [1.29, 1.82) is 0 Å². The molecule has 0 spiro atoms. The van der Waals surface area contributed by atoms with Gasteiger partial charge in [-0.3, -0.25) is 10.1 Å². The molecule has 98 valence electrons. The van der Waals surface area contributed by atoms with Crippen LogP contribution in [0.5, 0.6) is 0 Å². The number of carbonyl (C=O) groups excluding carboxylic acids is 1. The van der Waals surface area contributed by atoms with Crippen molar-refractivity contribution in [2.45, 2.75) is 0 Å². The molecule has 2 aromatic rings. The Labute approximate surface area is 124 Å². The van der Waals surface area contributed by atoms with Gasteiger partial charge in [-0.25, -0.2) is 0 Å². The molecule has 0 aliphatic rings. The number of hydrogen-bond acceptors (Lipinski definition) is 3. The topological polar surface area (TPSA) is 54.3 Å². The Morgan fingerprint density at radius 1 is 1.16 bits per heavy atom. The molecule has 0 unspecified atom stereocenters. The van der Waals surface area contributed by atoms with E-state index in [1.54, 1.807) is 24.3 Å². The smallest absolute Gasteiger partial charge is 0.293 e. The zero-order chi connectivity index (χ0) is 13.8. The van der Waals surface area contributed by atoms with Crippen LogP contribution in [0.1, 0.15) is 10.6 Å². The molecule has 0 atom stereocenters. The third-order valence-corrected chi connectivity index (χ3v) is 3.01. The van der Waals surface area contributed by atoms with Gasteiger partial charge in [0, 0.05) is 0 Å². The van der Waals surface area contributed by atoms with Crippen molar-refractivity contribution in [3.63, 3.8) is 0 Å². The molecule has 0 aliphatic heterocycles. The van der Waals surface area contributed by atoms with E-state index in [0.29, 0.717) is 15.7 Å². The lowest BCUT2D eigenvalue weighted by Crippen LogP contribution is -2.34. The molecule has 0 radical (unpaired) electrons. The number of amides is 1. The van der Waals surface area contributed by atoms with E-state index < -0.39 is 5.91 Å². The van der Waals surface area contributed by atoms with Gasteiger partial charge in [0.1, 0.15) is 0 Å². The monoisotopic (exact) mass is 314 g/mol. The predicted molar refractivity (Wildman–Crippen MR) is 78.9 cm³/mol. The molecule has 1 aromatic carbocycles. The van der Waals surface area contributed by atoms with E-state index in [9.17, 15) is 4.79 Å². The first-order valence-corrected chi connectivity index (χ1v) is 6.34. The lowest BCUT2D eigenvalue weighted by molar-refractivity contribution is 0.0950. The van der Waals surface area contributed by atoms with Gasteiger partial charge in [0.05, 0.1) is 22.0 Å². The van der Waals surface area contributed by atoms with Crippen molar-refractivity contribution in [2.75, 3.05) is 5.32 Å². The second kappa shape index (κ2) is 6.06. The molecule has 1 heterocycles. The number of thiocarbonyl (C=S) groups is 1. The van der Waals surface area contributed by atoms with Crippen molar-refractivity contribution >= 4 is 52.1 Å². The van der Waals surface area contributed by atoms with Crippen molar-refractivity contribution in [1.82, 2.24) is 5.32 Å². The van der Waals surface area contributed by atoms with Crippen molar-refractivity contribution < 1.29 is 9.21 Å². The normalized spacial score (nSPS) is 10.0. The minimum absolute atomic E-state index is 0.0800. The minimum Gasteiger partial charge on any atom is -0.459 e. The summed E-state index contributed by atoms with van der Waals surface area (Å²) < 4.78 is 4.94. The van der Waals surface area contributed by atoms with Gasteiger partial charge in [0.15, 0.2) is 10.9 Å². The number of carbonyl (C=O) groups is 1.